The van der Waals surface area contributed by atoms with E-state index < -0.39 is 39.7 Å². The number of ketones is 1. The summed E-state index contributed by atoms with van der Waals surface area (Å²) in [6.07, 6.45) is 4.01. The maximum atomic E-state index is 15.0. The Kier molecular flexibility index (Phi) is 6.94. The zero-order chi connectivity index (χ0) is 23.5. The molecule has 1 aromatic heterocycles. The van der Waals surface area contributed by atoms with Gasteiger partial charge in [-0.05, 0) is 61.6 Å². The van der Waals surface area contributed by atoms with Crippen LogP contribution in [0.5, 0.6) is 0 Å². The topological polar surface area (TPSA) is 79.4 Å². The highest BCUT2D eigenvalue weighted by molar-refractivity contribution is 7.70. The molecule has 3 aromatic rings. The van der Waals surface area contributed by atoms with Gasteiger partial charge < -0.3 is 4.90 Å². The summed E-state index contributed by atoms with van der Waals surface area (Å²) in [4.78, 5) is 19.6. The minimum atomic E-state index is -2.81. The Morgan fingerprint density at radius 2 is 1.82 bits per heavy atom. The number of hydrogen-bond acceptors (Lipinski definition) is 5. The first-order valence-electron chi connectivity index (χ1n) is 10.6. The molecule has 0 bridgehead atoms. The molecule has 6 nitrogen and oxygen atoms in total. The molecule has 2 heterocycles. The summed E-state index contributed by atoms with van der Waals surface area (Å²) in [6.45, 7) is 1.84. The number of nitrogens with zero attached hydrogens (tertiary/aromatic N) is 2. The van der Waals surface area contributed by atoms with Crippen LogP contribution in [0.1, 0.15) is 40.7 Å². The molecule has 0 aliphatic carbocycles. The standard InChI is InChI=1S/C23H22F3N3O3S/c24-18-12-14(4-3-7-28-33(31)32)21(25)20(22(18)26)23(30)15-5-6-19-16(10-15)11-17(13-27-19)29-8-1-2-9-29/h5-6,10-13,33H,1-4,7-9H2,(H,28,31,32). The predicted molar refractivity (Wildman–Crippen MR) is 120 cm³/mol. The number of thiol groups is 1. The second-order valence-corrected chi connectivity index (χ2v) is 8.74. The van der Waals surface area contributed by atoms with E-state index in [9.17, 15) is 22.0 Å². The summed E-state index contributed by atoms with van der Waals surface area (Å²) in [5.41, 5.74) is 0.389. The van der Waals surface area contributed by atoms with Crippen molar-refractivity contribution in [2.45, 2.75) is 25.7 Å². The molecule has 0 atom stereocenters. The molecule has 1 saturated heterocycles. The highest BCUT2D eigenvalue weighted by atomic mass is 32.2. The molecule has 2 aromatic carbocycles. The quantitative estimate of drug-likeness (QED) is 0.225. The van der Waals surface area contributed by atoms with Crippen molar-refractivity contribution in [2.24, 2.45) is 0 Å². The van der Waals surface area contributed by atoms with Crippen molar-refractivity contribution in [1.29, 1.82) is 0 Å². The largest absolute Gasteiger partial charge is 0.370 e. The van der Waals surface area contributed by atoms with Gasteiger partial charge in [0.05, 0.1) is 23.0 Å². The van der Waals surface area contributed by atoms with Crippen LogP contribution in [0.4, 0.5) is 18.9 Å². The molecular weight excluding hydrogens is 455 g/mol. The molecule has 0 amide bonds. The van der Waals surface area contributed by atoms with Crippen LogP contribution < -0.4 is 9.62 Å². The molecule has 0 radical (unpaired) electrons. The smallest absolute Gasteiger partial charge is 0.201 e. The summed E-state index contributed by atoms with van der Waals surface area (Å²) in [5.74, 6) is -5.00. The van der Waals surface area contributed by atoms with Crippen molar-refractivity contribution < 1.29 is 26.4 Å². The summed E-state index contributed by atoms with van der Waals surface area (Å²) in [6, 6.07) is 7.07. The van der Waals surface area contributed by atoms with E-state index in [-0.39, 0.29) is 30.5 Å². The van der Waals surface area contributed by atoms with Crippen molar-refractivity contribution in [1.82, 2.24) is 9.71 Å². The molecule has 4 rings (SSSR count). The lowest BCUT2D eigenvalue weighted by molar-refractivity contribution is 0.102. The van der Waals surface area contributed by atoms with Crippen molar-refractivity contribution in [3.05, 3.63) is 70.7 Å². The van der Waals surface area contributed by atoms with Gasteiger partial charge >= 0.3 is 0 Å². The maximum Gasteiger partial charge on any atom is 0.201 e. The molecule has 1 N–H and O–H groups in total. The minimum absolute atomic E-state index is 0.0114. The third kappa shape index (κ3) is 5.01. The molecule has 0 unspecified atom stereocenters. The van der Waals surface area contributed by atoms with E-state index >= 15 is 4.39 Å². The number of carbonyl (C=O) groups is 1. The van der Waals surface area contributed by atoms with Crippen molar-refractivity contribution >= 4 is 33.3 Å². The zero-order valence-corrected chi connectivity index (χ0v) is 18.5. The second kappa shape index (κ2) is 9.88. The van der Waals surface area contributed by atoms with E-state index in [1.54, 1.807) is 12.3 Å². The summed E-state index contributed by atoms with van der Waals surface area (Å²) in [5, 5.41) is 0.639. The molecular formula is C23H22F3N3O3S. The first kappa shape index (κ1) is 23.2. The number of pyridine rings is 1. The Morgan fingerprint density at radius 1 is 1.06 bits per heavy atom. The van der Waals surface area contributed by atoms with Gasteiger partial charge in [0.2, 0.25) is 10.9 Å². The highest BCUT2D eigenvalue weighted by Gasteiger charge is 2.25. The van der Waals surface area contributed by atoms with Gasteiger partial charge in [-0.3, -0.25) is 9.78 Å². The van der Waals surface area contributed by atoms with Gasteiger partial charge in [-0.2, -0.15) is 0 Å². The van der Waals surface area contributed by atoms with Gasteiger partial charge in [0.1, 0.15) is 5.82 Å². The zero-order valence-electron chi connectivity index (χ0n) is 17.6. The SMILES string of the molecule is O=C(c1ccc2ncc(N3CCCC3)cc2c1)c1c(F)c(F)cc(CCCN[SH](=O)=O)c1F. The van der Waals surface area contributed by atoms with Gasteiger partial charge in [-0.25, -0.2) is 26.3 Å². The number of aryl methyl sites for hydroxylation is 1. The first-order chi connectivity index (χ1) is 15.8. The van der Waals surface area contributed by atoms with E-state index in [2.05, 4.69) is 14.6 Å². The number of rotatable bonds is 8. The van der Waals surface area contributed by atoms with Gasteiger partial charge in [-0.15, -0.1) is 0 Å². The third-order valence-electron chi connectivity index (χ3n) is 5.72. The average Bonchev–Trinajstić information content (AvgIpc) is 3.34. The van der Waals surface area contributed by atoms with Crippen LogP contribution in [0.3, 0.4) is 0 Å². The average molecular weight is 478 g/mol. The minimum Gasteiger partial charge on any atom is -0.370 e. The first-order valence-corrected chi connectivity index (χ1v) is 11.8. The number of halogens is 3. The van der Waals surface area contributed by atoms with E-state index in [1.165, 1.54) is 12.1 Å². The number of benzene rings is 2. The van der Waals surface area contributed by atoms with Gasteiger partial charge in [0.25, 0.3) is 0 Å². The summed E-state index contributed by atoms with van der Waals surface area (Å²) < 4.78 is 67.0. The fourth-order valence-corrected chi connectivity index (χ4v) is 4.38. The van der Waals surface area contributed by atoms with Crippen molar-refractivity contribution in [2.75, 3.05) is 24.5 Å². The lowest BCUT2D eigenvalue weighted by Gasteiger charge is -2.17. The number of hydrogen-bond donors (Lipinski definition) is 2. The number of nitrogens with one attached hydrogen (secondary N) is 1. The second-order valence-electron chi connectivity index (χ2n) is 7.91. The lowest BCUT2D eigenvalue weighted by atomic mass is 9.96. The van der Waals surface area contributed by atoms with Crippen LogP contribution in [-0.4, -0.2) is 38.8 Å². The molecule has 174 valence electrons. The summed E-state index contributed by atoms with van der Waals surface area (Å²) >= 11 is 0. The Bertz CT molecular complexity index is 1280. The Labute approximate surface area is 190 Å². The normalized spacial score (nSPS) is 13.9. The molecule has 0 saturated carbocycles. The summed E-state index contributed by atoms with van der Waals surface area (Å²) in [7, 11) is -2.81. The maximum absolute atomic E-state index is 15.0. The Morgan fingerprint density at radius 3 is 2.55 bits per heavy atom. The number of carbonyl (C=O) groups excluding carboxylic acids is 1. The molecule has 10 heteroatoms. The highest BCUT2D eigenvalue weighted by Crippen LogP contribution is 2.27. The lowest BCUT2D eigenvalue weighted by Crippen LogP contribution is -2.17. The van der Waals surface area contributed by atoms with Crippen LogP contribution in [0.15, 0.2) is 36.5 Å². The van der Waals surface area contributed by atoms with Crippen LogP contribution >= 0.6 is 0 Å². The number of fused-ring (bicyclic) bond motifs is 1. The van der Waals surface area contributed by atoms with Gasteiger partial charge in [-0.1, -0.05) is 0 Å². The van der Waals surface area contributed by atoms with Crippen LogP contribution in [0.2, 0.25) is 0 Å². The Balaban J connectivity index is 1.66. The van der Waals surface area contributed by atoms with E-state index in [1.807, 2.05) is 6.07 Å². The number of aromatic nitrogens is 1. The van der Waals surface area contributed by atoms with E-state index in [0.29, 0.717) is 17.0 Å². The molecule has 1 aliphatic heterocycles. The molecule has 1 aliphatic rings. The molecule has 0 spiro atoms. The number of anilines is 1. The van der Waals surface area contributed by atoms with E-state index in [4.69, 9.17) is 0 Å². The van der Waals surface area contributed by atoms with Crippen LogP contribution in [-0.2, 0) is 17.3 Å². The van der Waals surface area contributed by atoms with Gasteiger partial charge in [0.15, 0.2) is 17.4 Å². The van der Waals surface area contributed by atoms with Crippen molar-refractivity contribution in [3.8, 4) is 0 Å². The molecule has 1 fully saturated rings. The molecule has 33 heavy (non-hydrogen) atoms. The Hall–Kier alpha value is -2.98. The van der Waals surface area contributed by atoms with Crippen LogP contribution in [0.25, 0.3) is 10.9 Å². The van der Waals surface area contributed by atoms with Gasteiger partial charge in [0, 0.05) is 30.6 Å². The van der Waals surface area contributed by atoms with Crippen molar-refractivity contribution in [3.63, 3.8) is 0 Å². The monoisotopic (exact) mass is 477 g/mol. The fourth-order valence-electron chi connectivity index (χ4n) is 4.04. The predicted octanol–water partition coefficient (Wildman–Crippen LogP) is 3.53. The van der Waals surface area contributed by atoms with Crippen LogP contribution in [0, 0.1) is 17.5 Å². The van der Waals surface area contributed by atoms with E-state index in [0.717, 1.165) is 31.6 Å². The fraction of sp³-hybridized carbons (Fsp3) is 0.304. The third-order valence-corrected chi connectivity index (χ3v) is 6.20.